The van der Waals surface area contributed by atoms with Gasteiger partial charge in [-0.25, -0.2) is 4.39 Å². The van der Waals surface area contributed by atoms with Crippen molar-refractivity contribution in [3.8, 4) is 0 Å². The van der Waals surface area contributed by atoms with Crippen molar-refractivity contribution in [3.05, 3.63) is 41.3 Å². The summed E-state index contributed by atoms with van der Waals surface area (Å²) in [6.07, 6.45) is 1.44. The second-order valence-corrected chi connectivity index (χ2v) is 2.90. The Kier molecular flexibility index (Phi) is 1.70. The number of nitrogens with zero attached hydrogens (tertiary/aromatic N) is 1. The molecule has 1 heterocycles. The molecule has 0 amide bonds. The molecule has 0 saturated heterocycles. The highest BCUT2D eigenvalue weighted by atomic mass is 35.5. The van der Waals surface area contributed by atoms with Gasteiger partial charge in [0.25, 0.3) is 0 Å². The molecular weight excluding hydrogens is 177 g/mol. The summed E-state index contributed by atoms with van der Waals surface area (Å²) in [5, 5.41) is 1.25. The Hall–Kier alpha value is -1.15. The molecule has 1 aromatic carbocycles. The van der Waals surface area contributed by atoms with Crippen molar-refractivity contribution in [1.29, 1.82) is 0 Å². The number of para-hydroxylation sites is 1. The van der Waals surface area contributed by atoms with Gasteiger partial charge in [-0.05, 0) is 12.1 Å². The summed E-state index contributed by atoms with van der Waals surface area (Å²) in [6.45, 7) is 0. The average Bonchev–Trinajstić information content (AvgIpc) is 2.04. The zero-order valence-corrected chi connectivity index (χ0v) is 6.85. The van der Waals surface area contributed by atoms with Crippen molar-refractivity contribution in [2.75, 3.05) is 0 Å². The zero-order valence-electron chi connectivity index (χ0n) is 6.09. The fraction of sp³-hybridized carbons (Fsp3) is 0. The first-order valence-electron chi connectivity index (χ1n) is 3.47. The van der Waals surface area contributed by atoms with Gasteiger partial charge < -0.3 is 0 Å². The van der Waals surface area contributed by atoms with Crippen molar-refractivity contribution in [1.82, 2.24) is 4.98 Å². The summed E-state index contributed by atoms with van der Waals surface area (Å²) >= 11 is 5.69. The van der Waals surface area contributed by atoms with Gasteiger partial charge in [0.1, 0.15) is 11.3 Å². The maximum absolute atomic E-state index is 13.0. The summed E-state index contributed by atoms with van der Waals surface area (Å²) in [7, 11) is 0. The molecule has 0 aliphatic carbocycles. The predicted octanol–water partition coefficient (Wildman–Crippen LogP) is 3.03. The van der Waals surface area contributed by atoms with Crippen molar-refractivity contribution in [3.63, 3.8) is 0 Å². The van der Waals surface area contributed by atoms with E-state index in [0.29, 0.717) is 10.5 Å². The molecule has 60 valence electrons. The fourth-order valence-electron chi connectivity index (χ4n) is 1.10. The molecule has 1 aromatic heterocycles. The number of pyridine rings is 1. The van der Waals surface area contributed by atoms with E-state index >= 15 is 0 Å². The number of hydrogen-bond acceptors (Lipinski definition) is 1. The van der Waals surface area contributed by atoms with Gasteiger partial charge in [0.15, 0.2) is 0 Å². The Morgan fingerprint density at radius 1 is 1.33 bits per heavy atom. The van der Waals surface area contributed by atoms with E-state index in [1.165, 1.54) is 12.3 Å². The number of halogens is 2. The third kappa shape index (κ3) is 1.14. The van der Waals surface area contributed by atoms with E-state index in [-0.39, 0.29) is 5.82 Å². The van der Waals surface area contributed by atoms with Gasteiger partial charge in [-0.1, -0.05) is 23.7 Å². The molecule has 0 N–H and O–H groups in total. The Morgan fingerprint density at radius 3 is 3.00 bits per heavy atom. The normalized spacial score (nSPS) is 10.5. The van der Waals surface area contributed by atoms with Crippen LogP contribution in [-0.4, -0.2) is 4.98 Å². The Morgan fingerprint density at radius 2 is 2.17 bits per heavy atom. The maximum Gasteiger partial charge on any atom is 0.149 e. The quantitative estimate of drug-likeness (QED) is 0.609. The molecule has 0 saturated carbocycles. The molecule has 2 aromatic rings. The van der Waals surface area contributed by atoms with Gasteiger partial charge >= 0.3 is 0 Å². The lowest BCUT2D eigenvalue weighted by molar-refractivity contribution is 0.637. The molecule has 0 fully saturated rings. The van der Waals surface area contributed by atoms with Gasteiger partial charge in [0, 0.05) is 11.6 Å². The summed E-state index contributed by atoms with van der Waals surface area (Å²) in [6, 6.07) is 6.48. The summed E-state index contributed by atoms with van der Waals surface area (Å²) in [4.78, 5) is 3.87. The number of fused-ring (bicyclic) bond motifs is 1. The monoisotopic (exact) mass is 181 g/mol. The molecule has 3 heteroatoms. The molecule has 0 bridgehead atoms. The van der Waals surface area contributed by atoms with Crippen molar-refractivity contribution in [2.45, 2.75) is 0 Å². The Labute approximate surface area is 73.8 Å². The van der Waals surface area contributed by atoms with E-state index in [2.05, 4.69) is 4.98 Å². The minimum absolute atomic E-state index is 0.316. The van der Waals surface area contributed by atoms with Gasteiger partial charge in [-0.2, -0.15) is 0 Å². The van der Waals surface area contributed by atoms with Crippen LogP contribution in [0.1, 0.15) is 0 Å². The molecule has 0 atom stereocenters. The third-order valence-corrected chi connectivity index (χ3v) is 1.84. The van der Waals surface area contributed by atoms with E-state index in [1.807, 2.05) is 0 Å². The van der Waals surface area contributed by atoms with Crippen LogP contribution in [0.2, 0.25) is 5.02 Å². The maximum atomic E-state index is 13.0. The molecule has 1 nitrogen and oxygen atoms in total. The minimum Gasteiger partial charge on any atom is -0.252 e. The standard InChI is InChI=1S/C9H5ClFN/c10-7-4-6-2-1-3-8(11)9(6)12-5-7/h1-5H. The molecule has 0 aliphatic rings. The number of aromatic nitrogens is 1. The summed E-state index contributed by atoms with van der Waals surface area (Å²) < 4.78 is 13.0. The first-order valence-corrected chi connectivity index (χ1v) is 3.85. The predicted molar refractivity (Wildman–Crippen MR) is 46.7 cm³/mol. The molecule has 0 unspecified atom stereocenters. The molecule has 0 spiro atoms. The fourth-order valence-corrected chi connectivity index (χ4v) is 1.26. The Bertz CT molecular complexity index is 428. The third-order valence-electron chi connectivity index (χ3n) is 1.63. The zero-order chi connectivity index (χ0) is 8.55. The van der Waals surface area contributed by atoms with E-state index in [0.717, 1.165) is 5.39 Å². The van der Waals surface area contributed by atoms with Crippen LogP contribution in [0.25, 0.3) is 10.9 Å². The smallest absolute Gasteiger partial charge is 0.149 e. The van der Waals surface area contributed by atoms with Crippen molar-refractivity contribution < 1.29 is 4.39 Å². The molecule has 12 heavy (non-hydrogen) atoms. The van der Waals surface area contributed by atoms with Crippen LogP contribution in [0.15, 0.2) is 30.5 Å². The summed E-state index contributed by atoms with van der Waals surface area (Å²) in [5.74, 6) is -0.316. The van der Waals surface area contributed by atoms with Gasteiger partial charge in [0.2, 0.25) is 0 Å². The average molecular weight is 182 g/mol. The second kappa shape index (κ2) is 2.72. The van der Waals surface area contributed by atoms with Gasteiger partial charge in [-0.15, -0.1) is 0 Å². The van der Waals surface area contributed by atoms with E-state index in [1.54, 1.807) is 18.2 Å². The lowest BCUT2D eigenvalue weighted by Crippen LogP contribution is -1.82. The topological polar surface area (TPSA) is 12.9 Å². The highest BCUT2D eigenvalue weighted by molar-refractivity contribution is 6.31. The van der Waals surface area contributed by atoms with Gasteiger partial charge in [0.05, 0.1) is 5.02 Å². The van der Waals surface area contributed by atoms with Crippen LogP contribution < -0.4 is 0 Å². The minimum atomic E-state index is -0.316. The number of benzene rings is 1. The molecule has 0 radical (unpaired) electrons. The van der Waals surface area contributed by atoms with Crippen LogP contribution in [-0.2, 0) is 0 Å². The van der Waals surface area contributed by atoms with Crippen LogP contribution in [0.5, 0.6) is 0 Å². The first kappa shape index (κ1) is 7.50. The SMILES string of the molecule is Fc1cccc2cc(Cl)cnc12. The lowest BCUT2D eigenvalue weighted by atomic mass is 10.2. The van der Waals surface area contributed by atoms with E-state index in [4.69, 9.17) is 11.6 Å². The second-order valence-electron chi connectivity index (χ2n) is 2.47. The van der Waals surface area contributed by atoms with Gasteiger partial charge in [-0.3, -0.25) is 4.98 Å². The highest BCUT2D eigenvalue weighted by Gasteiger charge is 2.00. The van der Waals surface area contributed by atoms with E-state index in [9.17, 15) is 4.39 Å². The first-order chi connectivity index (χ1) is 5.77. The van der Waals surface area contributed by atoms with Crippen LogP contribution >= 0.6 is 11.6 Å². The van der Waals surface area contributed by atoms with Crippen LogP contribution in [0, 0.1) is 5.82 Å². The molecule has 2 rings (SSSR count). The highest BCUT2D eigenvalue weighted by Crippen LogP contribution is 2.18. The lowest BCUT2D eigenvalue weighted by Gasteiger charge is -1.97. The number of rotatable bonds is 0. The Balaban J connectivity index is 2.86. The van der Waals surface area contributed by atoms with Crippen LogP contribution in [0.4, 0.5) is 4.39 Å². The number of hydrogen-bond donors (Lipinski definition) is 0. The van der Waals surface area contributed by atoms with E-state index < -0.39 is 0 Å². The molecule has 0 aliphatic heterocycles. The largest absolute Gasteiger partial charge is 0.252 e. The van der Waals surface area contributed by atoms with Crippen molar-refractivity contribution in [2.24, 2.45) is 0 Å². The van der Waals surface area contributed by atoms with Crippen molar-refractivity contribution >= 4 is 22.5 Å². The van der Waals surface area contributed by atoms with Crippen LogP contribution in [0.3, 0.4) is 0 Å². The summed E-state index contributed by atoms with van der Waals surface area (Å²) in [5.41, 5.74) is 0.363. The molecular formula is C9H5ClFN.